The van der Waals surface area contributed by atoms with Crippen molar-refractivity contribution >= 4 is 5.91 Å². The summed E-state index contributed by atoms with van der Waals surface area (Å²) in [6.07, 6.45) is 3.08. The predicted octanol–water partition coefficient (Wildman–Crippen LogP) is 0.247. The smallest absolute Gasteiger partial charge is 0.250 e. The maximum absolute atomic E-state index is 11.9. The second-order valence-corrected chi connectivity index (χ2v) is 4.08. The summed E-state index contributed by atoms with van der Waals surface area (Å²) >= 11 is 0. The van der Waals surface area contributed by atoms with Crippen molar-refractivity contribution in [3.05, 3.63) is 30.1 Å². The third-order valence-corrected chi connectivity index (χ3v) is 2.76. The molecule has 1 aliphatic rings. The Hall–Kier alpha value is -1.46. The molecule has 1 saturated heterocycles. The molecule has 1 unspecified atom stereocenters. The van der Waals surface area contributed by atoms with E-state index in [0.29, 0.717) is 13.2 Å². The first-order chi connectivity index (χ1) is 8.27. The van der Waals surface area contributed by atoms with Crippen molar-refractivity contribution in [1.82, 2.24) is 15.6 Å². The van der Waals surface area contributed by atoms with Gasteiger partial charge in [0.25, 0.3) is 5.91 Å². The first-order valence-corrected chi connectivity index (χ1v) is 5.80. The van der Waals surface area contributed by atoms with Crippen LogP contribution in [0.5, 0.6) is 0 Å². The van der Waals surface area contributed by atoms with Crippen LogP contribution in [0.15, 0.2) is 24.5 Å². The number of morpholine rings is 1. The van der Waals surface area contributed by atoms with Crippen molar-refractivity contribution in [3.63, 3.8) is 0 Å². The maximum atomic E-state index is 11.9. The third kappa shape index (κ3) is 3.25. The van der Waals surface area contributed by atoms with Gasteiger partial charge in [0.05, 0.1) is 12.6 Å². The van der Waals surface area contributed by atoms with Gasteiger partial charge in [0.1, 0.15) is 6.10 Å². The van der Waals surface area contributed by atoms with Gasteiger partial charge in [-0.1, -0.05) is 6.07 Å². The van der Waals surface area contributed by atoms with E-state index in [4.69, 9.17) is 4.74 Å². The summed E-state index contributed by atoms with van der Waals surface area (Å²) in [4.78, 5) is 15.9. The van der Waals surface area contributed by atoms with Gasteiger partial charge >= 0.3 is 0 Å². The molecule has 0 spiro atoms. The van der Waals surface area contributed by atoms with Crippen LogP contribution in [-0.4, -0.2) is 36.7 Å². The van der Waals surface area contributed by atoms with E-state index in [1.807, 2.05) is 19.1 Å². The molecule has 5 nitrogen and oxygen atoms in total. The SMILES string of the molecule is C[C@@H](NC(=O)C1CNCCO1)c1cccnc1. The fraction of sp³-hybridized carbons (Fsp3) is 0.500. The Morgan fingerprint density at radius 1 is 1.71 bits per heavy atom. The van der Waals surface area contributed by atoms with Gasteiger partial charge in [0.15, 0.2) is 0 Å². The molecule has 17 heavy (non-hydrogen) atoms. The summed E-state index contributed by atoms with van der Waals surface area (Å²) in [6.45, 7) is 3.90. The lowest BCUT2D eigenvalue weighted by Crippen LogP contribution is -2.48. The van der Waals surface area contributed by atoms with E-state index in [0.717, 1.165) is 12.1 Å². The van der Waals surface area contributed by atoms with E-state index in [1.165, 1.54) is 0 Å². The van der Waals surface area contributed by atoms with Crippen LogP contribution in [0, 0.1) is 0 Å². The molecule has 1 aliphatic heterocycles. The van der Waals surface area contributed by atoms with Crippen LogP contribution in [0.2, 0.25) is 0 Å². The second kappa shape index (κ2) is 5.75. The molecule has 1 aromatic rings. The van der Waals surface area contributed by atoms with Crippen LogP contribution < -0.4 is 10.6 Å². The highest BCUT2D eigenvalue weighted by Gasteiger charge is 2.23. The van der Waals surface area contributed by atoms with Crippen LogP contribution in [0.1, 0.15) is 18.5 Å². The van der Waals surface area contributed by atoms with Crippen molar-refractivity contribution in [2.75, 3.05) is 19.7 Å². The van der Waals surface area contributed by atoms with Gasteiger partial charge in [-0.25, -0.2) is 0 Å². The van der Waals surface area contributed by atoms with Crippen molar-refractivity contribution in [1.29, 1.82) is 0 Å². The zero-order valence-corrected chi connectivity index (χ0v) is 9.85. The average molecular weight is 235 g/mol. The number of carbonyl (C=O) groups is 1. The Balaban J connectivity index is 1.89. The largest absolute Gasteiger partial charge is 0.366 e. The molecule has 0 radical (unpaired) electrons. The quantitative estimate of drug-likeness (QED) is 0.788. The molecule has 0 aliphatic carbocycles. The van der Waals surface area contributed by atoms with E-state index < -0.39 is 0 Å². The lowest BCUT2D eigenvalue weighted by molar-refractivity contribution is -0.134. The zero-order chi connectivity index (χ0) is 12.1. The Kier molecular flexibility index (Phi) is 4.06. The normalized spacial score (nSPS) is 21.8. The number of nitrogens with zero attached hydrogens (tertiary/aromatic N) is 1. The minimum Gasteiger partial charge on any atom is -0.366 e. The molecule has 1 fully saturated rings. The Morgan fingerprint density at radius 2 is 2.59 bits per heavy atom. The molecule has 0 saturated carbocycles. The number of ether oxygens (including phenoxy) is 1. The Morgan fingerprint density at radius 3 is 3.24 bits per heavy atom. The number of carbonyl (C=O) groups excluding carboxylic acids is 1. The summed E-state index contributed by atoms with van der Waals surface area (Å²) in [5.74, 6) is -0.0754. The minimum absolute atomic E-state index is 0.0540. The van der Waals surface area contributed by atoms with Crippen molar-refractivity contribution in [2.24, 2.45) is 0 Å². The highest BCUT2D eigenvalue weighted by Crippen LogP contribution is 2.10. The van der Waals surface area contributed by atoms with Gasteiger partial charge in [-0.15, -0.1) is 0 Å². The number of aromatic nitrogens is 1. The van der Waals surface area contributed by atoms with E-state index in [-0.39, 0.29) is 18.1 Å². The van der Waals surface area contributed by atoms with Crippen molar-refractivity contribution < 1.29 is 9.53 Å². The van der Waals surface area contributed by atoms with Gasteiger partial charge in [0.2, 0.25) is 0 Å². The number of pyridine rings is 1. The molecule has 2 rings (SSSR count). The highest BCUT2D eigenvalue weighted by atomic mass is 16.5. The summed E-state index contributed by atoms with van der Waals surface area (Å²) in [5, 5.41) is 6.05. The van der Waals surface area contributed by atoms with Gasteiger partial charge in [-0.2, -0.15) is 0 Å². The van der Waals surface area contributed by atoms with Crippen molar-refractivity contribution in [3.8, 4) is 0 Å². The predicted molar refractivity (Wildman–Crippen MR) is 63.4 cm³/mol. The lowest BCUT2D eigenvalue weighted by Gasteiger charge is -2.24. The molecular formula is C12H17N3O2. The monoisotopic (exact) mass is 235 g/mol. The molecular weight excluding hydrogens is 218 g/mol. The average Bonchev–Trinajstić information content (AvgIpc) is 2.40. The van der Waals surface area contributed by atoms with Crippen molar-refractivity contribution in [2.45, 2.75) is 19.1 Å². The number of rotatable bonds is 3. The number of nitrogens with one attached hydrogen (secondary N) is 2. The number of amides is 1. The topological polar surface area (TPSA) is 63.2 Å². The third-order valence-electron chi connectivity index (χ3n) is 2.76. The van der Waals surface area contributed by atoms with Gasteiger partial charge in [-0.3, -0.25) is 9.78 Å². The first-order valence-electron chi connectivity index (χ1n) is 5.80. The molecule has 0 bridgehead atoms. The van der Waals surface area contributed by atoms with E-state index >= 15 is 0 Å². The molecule has 2 N–H and O–H groups in total. The molecule has 5 heteroatoms. The number of hydrogen-bond acceptors (Lipinski definition) is 4. The van der Waals surface area contributed by atoms with Crippen LogP contribution in [0.4, 0.5) is 0 Å². The van der Waals surface area contributed by atoms with Gasteiger partial charge in [0, 0.05) is 25.5 Å². The maximum Gasteiger partial charge on any atom is 0.250 e. The molecule has 1 amide bonds. The van der Waals surface area contributed by atoms with Gasteiger partial charge in [-0.05, 0) is 18.6 Å². The minimum atomic E-state index is -0.386. The Labute approximate surface area is 101 Å². The summed E-state index contributed by atoms with van der Waals surface area (Å²) < 4.78 is 5.39. The van der Waals surface area contributed by atoms with E-state index in [2.05, 4.69) is 15.6 Å². The van der Waals surface area contributed by atoms with Crippen LogP contribution in [0.25, 0.3) is 0 Å². The molecule has 92 valence electrons. The van der Waals surface area contributed by atoms with E-state index in [1.54, 1.807) is 12.4 Å². The summed E-state index contributed by atoms with van der Waals surface area (Å²) in [5.41, 5.74) is 0.990. The Bertz CT molecular complexity index is 363. The molecule has 1 aromatic heterocycles. The van der Waals surface area contributed by atoms with Gasteiger partial charge < -0.3 is 15.4 Å². The van der Waals surface area contributed by atoms with Crippen LogP contribution in [-0.2, 0) is 9.53 Å². The summed E-state index contributed by atoms with van der Waals surface area (Å²) in [6, 6.07) is 3.75. The highest BCUT2D eigenvalue weighted by molar-refractivity contribution is 5.81. The zero-order valence-electron chi connectivity index (χ0n) is 9.85. The second-order valence-electron chi connectivity index (χ2n) is 4.08. The standard InChI is InChI=1S/C12H17N3O2/c1-9(10-3-2-4-13-7-10)15-12(16)11-8-14-5-6-17-11/h2-4,7,9,11,14H,5-6,8H2,1H3,(H,15,16)/t9-,11?/m1/s1. The molecule has 2 atom stereocenters. The first kappa shape index (κ1) is 12.0. The molecule has 0 aromatic carbocycles. The fourth-order valence-corrected chi connectivity index (χ4v) is 1.76. The summed E-state index contributed by atoms with van der Waals surface area (Å²) in [7, 11) is 0. The number of hydrogen-bond donors (Lipinski definition) is 2. The van der Waals surface area contributed by atoms with E-state index in [9.17, 15) is 4.79 Å². The molecule has 2 heterocycles. The van der Waals surface area contributed by atoms with Crippen LogP contribution in [0.3, 0.4) is 0 Å². The fourth-order valence-electron chi connectivity index (χ4n) is 1.76. The van der Waals surface area contributed by atoms with Crippen LogP contribution >= 0.6 is 0 Å². The lowest BCUT2D eigenvalue weighted by atomic mass is 10.1.